The van der Waals surface area contributed by atoms with E-state index in [1.807, 2.05) is 18.2 Å². The van der Waals surface area contributed by atoms with Gasteiger partial charge in [0, 0.05) is 20.0 Å². The molecule has 0 unspecified atom stereocenters. The number of unbranched alkanes of at least 4 members (excludes halogenated alkanes) is 2. The SMILES string of the molecule is Cn1c(CNC(=O)CCCCCn2c(=S)[nH]c3ccccc3c2=O)n[nH]c1=S. The minimum atomic E-state index is -0.0786. The van der Waals surface area contributed by atoms with Crippen molar-refractivity contribution >= 4 is 41.2 Å². The van der Waals surface area contributed by atoms with Crippen LogP contribution in [0.25, 0.3) is 10.9 Å². The van der Waals surface area contributed by atoms with Gasteiger partial charge in [0.2, 0.25) is 5.91 Å². The number of carbonyl (C=O) groups excluding carboxylic acids is 1. The van der Waals surface area contributed by atoms with Gasteiger partial charge >= 0.3 is 0 Å². The molecule has 148 valence electrons. The molecule has 2 aromatic heterocycles. The average molecular weight is 419 g/mol. The quantitative estimate of drug-likeness (QED) is 0.386. The number of nitrogens with zero attached hydrogens (tertiary/aromatic N) is 3. The molecule has 0 aliphatic rings. The van der Waals surface area contributed by atoms with E-state index in [1.165, 1.54) is 0 Å². The highest BCUT2D eigenvalue weighted by molar-refractivity contribution is 7.71. The Balaban J connectivity index is 1.45. The molecular weight excluding hydrogens is 396 g/mol. The van der Waals surface area contributed by atoms with Crippen molar-refractivity contribution in [2.24, 2.45) is 7.05 Å². The molecule has 10 heteroatoms. The zero-order valence-corrected chi connectivity index (χ0v) is 17.2. The number of H-pyrrole nitrogens is 2. The van der Waals surface area contributed by atoms with E-state index in [1.54, 1.807) is 22.2 Å². The molecule has 0 saturated carbocycles. The molecule has 0 atom stereocenters. The van der Waals surface area contributed by atoms with Gasteiger partial charge < -0.3 is 14.9 Å². The van der Waals surface area contributed by atoms with E-state index in [0.717, 1.165) is 24.8 Å². The Morgan fingerprint density at radius 1 is 1.18 bits per heavy atom. The van der Waals surface area contributed by atoms with E-state index in [0.29, 0.717) is 40.3 Å². The van der Waals surface area contributed by atoms with Crippen molar-refractivity contribution in [3.63, 3.8) is 0 Å². The molecule has 0 radical (unpaired) electrons. The lowest BCUT2D eigenvalue weighted by atomic mass is 10.2. The third kappa shape index (κ3) is 4.63. The topological polar surface area (TPSA) is 100 Å². The maximum Gasteiger partial charge on any atom is 0.262 e. The molecule has 0 fully saturated rings. The van der Waals surface area contributed by atoms with Crippen LogP contribution in [0, 0.1) is 9.54 Å². The number of nitrogens with one attached hydrogen (secondary N) is 3. The number of aromatic nitrogens is 5. The van der Waals surface area contributed by atoms with E-state index in [9.17, 15) is 9.59 Å². The number of amides is 1. The van der Waals surface area contributed by atoms with Crippen LogP contribution in [0.15, 0.2) is 29.1 Å². The van der Waals surface area contributed by atoms with Crippen LogP contribution in [-0.2, 0) is 24.9 Å². The largest absolute Gasteiger partial charge is 0.349 e. The molecule has 0 spiro atoms. The summed E-state index contributed by atoms with van der Waals surface area (Å²) in [6.07, 6.45) is 2.77. The second kappa shape index (κ2) is 9.07. The van der Waals surface area contributed by atoms with E-state index in [-0.39, 0.29) is 11.5 Å². The molecule has 1 amide bonds. The number of rotatable bonds is 8. The summed E-state index contributed by atoms with van der Waals surface area (Å²) >= 11 is 10.3. The minimum Gasteiger partial charge on any atom is -0.349 e. The average Bonchev–Trinajstić information content (AvgIpc) is 3.00. The van der Waals surface area contributed by atoms with Gasteiger partial charge in [-0.3, -0.25) is 19.3 Å². The van der Waals surface area contributed by atoms with Crippen molar-refractivity contribution < 1.29 is 4.79 Å². The molecule has 2 heterocycles. The summed E-state index contributed by atoms with van der Waals surface area (Å²) in [6.45, 7) is 0.870. The van der Waals surface area contributed by atoms with Crippen LogP contribution in [0.4, 0.5) is 0 Å². The molecule has 0 bridgehead atoms. The number of para-hydroxylation sites is 1. The molecule has 3 aromatic rings. The first-order valence-corrected chi connectivity index (χ1v) is 9.88. The lowest BCUT2D eigenvalue weighted by Crippen LogP contribution is -2.24. The third-order valence-corrected chi connectivity index (χ3v) is 5.28. The number of hydrogen-bond acceptors (Lipinski definition) is 5. The van der Waals surface area contributed by atoms with Gasteiger partial charge in [-0.25, -0.2) is 0 Å². The molecule has 0 aliphatic heterocycles. The van der Waals surface area contributed by atoms with Gasteiger partial charge in [-0.2, -0.15) is 5.10 Å². The summed E-state index contributed by atoms with van der Waals surface area (Å²) < 4.78 is 4.25. The molecule has 8 nitrogen and oxygen atoms in total. The first-order valence-electron chi connectivity index (χ1n) is 9.06. The molecule has 1 aromatic carbocycles. The minimum absolute atomic E-state index is 0.0333. The second-order valence-electron chi connectivity index (χ2n) is 6.52. The predicted octanol–water partition coefficient (Wildman–Crippen LogP) is 2.73. The van der Waals surface area contributed by atoms with Gasteiger partial charge in [-0.1, -0.05) is 18.6 Å². The molecule has 0 aliphatic carbocycles. The van der Waals surface area contributed by atoms with Crippen molar-refractivity contribution in [2.45, 2.75) is 38.8 Å². The standard InChI is InChI=1S/C18H22N6O2S2/c1-23-14(21-22-18(23)28)11-19-15(25)9-3-2-6-10-24-16(26)12-7-4-5-8-13(12)20-17(24)27/h4-5,7-8H,2-3,6,9-11H2,1H3,(H,19,25)(H,20,27)(H,22,28). The number of aromatic amines is 2. The highest BCUT2D eigenvalue weighted by Crippen LogP contribution is 2.07. The van der Waals surface area contributed by atoms with Gasteiger partial charge in [0.05, 0.1) is 17.4 Å². The van der Waals surface area contributed by atoms with E-state index >= 15 is 0 Å². The predicted molar refractivity (Wildman–Crippen MR) is 112 cm³/mol. The molecule has 0 saturated heterocycles. The van der Waals surface area contributed by atoms with E-state index in [4.69, 9.17) is 24.4 Å². The van der Waals surface area contributed by atoms with Crippen molar-refractivity contribution in [3.05, 3.63) is 50.0 Å². The van der Waals surface area contributed by atoms with Gasteiger partial charge in [-0.05, 0) is 49.4 Å². The van der Waals surface area contributed by atoms with E-state index < -0.39 is 0 Å². The van der Waals surface area contributed by atoms with Crippen LogP contribution >= 0.6 is 24.4 Å². The van der Waals surface area contributed by atoms with Crippen LogP contribution in [0.1, 0.15) is 31.5 Å². The summed E-state index contributed by atoms with van der Waals surface area (Å²) in [5.74, 6) is 0.650. The third-order valence-electron chi connectivity index (χ3n) is 4.59. The fraction of sp³-hybridized carbons (Fsp3) is 0.389. The van der Waals surface area contributed by atoms with Crippen LogP contribution in [0.5, 0.6) is 0 Å². The number of benzene rings is 1. The summed E-state index contributed by atoms with van der Waals surface area (Å²) in [5.41, 5.74) is 0.670. The van der Waals surface area contributed by atoms with Gasteiger partial charge in [0.25, 0.3) is 5.56 Å². The summed E-state index contributed by atoms with van der Waals surface area (Å²) in [7, 11) is 1.80. The summed E-state index contributed by atoms with van der Waals surface area (Å²) in [4.78, 5) is 27.6. The Kier molecular flexibility index (Phi) is 6.53. The van der Waals surface area contributed by atoms with Crippen LogP contribution < -0.4 is 10.9 Å². The Bertz CT molecular complexity index is 1160. The Labute approximate surface area is 171 Å². The highest BCUT2D eigenvalue weighted by Gasteiger charge is 2.07. The fourth-order valence-corrected chi connectivity index (χ4v) is 3.37. The summed E-state index contributed by atoms with van der Waals surface area (Å²) in [5, 5.41) is 10.2. The lowest BCUT2D eigenvalue weighted by Gasteiger charge is -2.08. The number of carbonyl (C=O) groups is 1. The van der Waals surface area contributed by atoms with Gasteiger partial charge in [-0.15, -0.1) is 0 Å². The Morgan fingerprint density at radius 3 is 2.71 bits per heavy atom. The second-order valence-corrected chi connectivity index (χ2v) is 7.30. The first-order chi connectivity index (χ1) is 13.5. The zero-order valence-electron chi connectivity index (χ0n) is 15.5. The maximum atomic E-state index is 12.6. The Morgan fingerprint density at radius 2 is 1.96 bits per heavy atom. The lowest BCUT2D eigenvalue weighted by molar-refractivity contribution is -0.121. The Hall–Kier alpha value is -2.59. The van der Waals surface area contributed by atoms with E-state index in [2.05, 4.69) is 20.5 Å². The monoisotopic (exact) mass is 418 g/mol. The van der Waals surface area contributed by atoms with Crippen molar-refractivity contribution in [3.8, 4) is 0 Å². The molecule has 3 rings (SSSR count). The van der Waals surface area contributed by atoms with Crippen molar-refractivity contribution in [2.75, 3.05) is 0 Å². The fourth-order valence-electron chi connectivity index (χ4n) is 2.94. The van der Waals surface area contributed by atoms with Gasteiger partial charge in [0.1, 0.15) is 0 Å². The molecule has 28 heavy (non-hydrogen) atoms. The zero-order chi connectivity index (χ0) is 20.1. The van der Waals surface area contributed by atoms with Gasteiger partial charge in [0.15, 0.2) is 15.4 Å². The number of hydrogen-bond donors (Lipinski definition) is 3. The molecule has 3 N–H and O–H groups in total. The number of fused-ring (bicyclic) bond motifs is 1. The normalized spacial score (nSPS) is 11.0. The molecular formula is C18H22N6O2S2. The van der Waals surface area contributed by atoms with Crippen molar-refractivity contribution in [1.29, 1.82) is 0 Å². The highest BCUT2D eigenvalue weighted by atomic mass is 32.1. The summed E-state index contributed by atoms with van der Waals surface area (Å²) in [6, 6.07) is 7.33. The van der Waals surface area contributed by atoms with Crippen LogP contribution in [0.2, 0.25) is 0 Å². The van der Waals surface area contributed by atoms with Crippen LogP contribution in [0.3, 0.4) is 0 Å². The smallest absolute Gasteiger partial charge is 0.262 e. The van der Waals surface area contributed by atoms with Crippen LogP contribution in [-0.4, -0.2) is 30.2 Å². The maximum absolute atomic E-state index is 12.6. The van der Waals surface area contributed by atoms with Crippen molar-refractivity contribution in [1.82, 2.24) is 29.6 Å². The first kappa shape index (κ1) is 20.2.